The van der Waals surface area contributed by atoms with Crippen LogP contribution in [-0.4, -0.2) is 28.7 Å². The van der Waals surface area contributed by atoms with E-state index >= 15 is 0 Å². The van der Waals surface area contributed by atoms with Gasteiger partial charge in [0.2, 0.25) is 0 Å². The number of nitrogens with zero attached hydrogens (tertiary/aromatic N) is 1. The Morgan fingerprint density at radius 2 is 1.87 bits per heavy atom. The number of hydrogen-bond acceptors (Lipinski definition) is 3. The van der Waals surface area contributed by atoms with Crippen LogP contribution in [0.5, 0.6) is 11.5 Å². The lowest BCUT2D eigenvalue weighted by atomic mass is 9.91. The molecule has 0 saturated carbocycles. The summed E-state index contributed by atoms with van der Waals surface area (Å²) in [7, 11) is 2.06. The zero-order valence-corrected chi connectivity index (χ0v) is 10.6. The van der Waals surface area contributed by atoms with E-state index in [1.165, 1.54) is 0 Å². The summed E-state index contributed by atoms with van der Waals surface area (Å²) in [5, 5.41) is 18.8. The molecule has 4 heteroatoms. The molecule has 1 unspecified atom stereocenters. The van der Waals surface area contributed by atoms with Crippen LogP contribution in [0.1, 0.15) is 24.0 Å². The first-order valence-corrected chi connectivity index (χ1v) is 4.81. The molecule has 0 aromatic heterocycles. The van der Waals surface area contributed by atoms with Crippen LogP contribution in [0.2, 0.25) is 0 Å². The number of likely N-dealkylation sites (N-methyl/N-ethyl adjacent to an activating group) is 1. The fourth-order valence-electron chi connectivity index (χ4n) is 2.15. The minimum Gasteiger partial charge on any atom is -0.504 e. The van der Waals surface area contributed by atoms with Crippen molar-refractivity contribution < 1.29 is 10.2 Å². The number of aromatic hydroxyl groups is 2. The first kappa shape index (κ1) is 12.3. The molecule has 0 saturated heterocycles. The summed E-state index contributed by atoms with van der Waals surface area (Å²) >= 11 is 0. The molecule has 0 radical (unpaired) electrons. The lowest BCUT2D eigenvalue weighted by Crippen LogP contribution is -2.28. The summed E-state index contributed by atoms with van der Waals surface area (Å²) in [6, 6.07) is 3.35. The van der Waals surface area contributed by atoms with Gasteiger partial charge in [0.05, 0.1) is 0 Å². The van der Waals surface area contributed by atoms with E-state index in [1.807, 2.05) is 0 Å². The van der Waals surface area contributed by atoms with E-state index in [4.69, 9.17) is 0 Å². The van der Waals surface area contributed by atoms with Crippen LogP contribution in [0.25, 0.3) is 0 Å². The SMILES string of the molecule is Br.CC1CN(C)Cc2cc(O)c(O)cc21. The molecular weight excluding hydrogens is 258 g/mol. The quantitative estimate of drug-likeness (QED) is 0.713. The molecule has 1 atom stereocenters. The summed E-state index contributed by atoms with van der Waals surface area (Å²) in [6.45, 7) is 3.97. The molecule has 2 rings (SSSR count). The molecule has 0 bridgehead atoms. The predicted octanol–water partition coefficient (Wildman–Crippen LogP) is 2.22. The predicted molar refractivity (Wildman–Crippen MR) is 64.8 cm³/mol. The van der Waals surface area contributed by atoms with Crippen molar-refractivity contribution in [3.8, 4) is 11.5 Å². The Morgan fingerprint density at radius 3 is 2.53 bits per heavy atom. The molecule has 1 aliphatic rings. The molecule has 1 aliphatic heterocycles. The zero-order valence-electron chi connectivity index (χ0n) is 8.90. The molecule has 15 heavy (non-hydrogen) atoms. The summed E-state index contributed by atoms with van der Waals surface area (Å²) in [5.41, 5.74) is 2.26. The van der Waals surface area contributed by atoms with Crippen LogP contribution in [0, 0.1) is 0 Å². The Bertz CT molecular complexity index is 368. The number of halogens is 1. The maximum Gasteiger partial charge on any atom is 0.157 e. The highest BCUT2D eigenvalue weighted by atomic mass is 79.9. The normalized spacial score (nSPS) is 20.5. The molecule has 84 valence electrons. The highest BCUT2D eigenvalue weighted by Gasteiger charge is 2.21. The maximum atomic E-state index is 9.40. The highest BCUT2D eigenvalue weighted by Crippen LogP contribution is 2.35. The van der Waals surface area contributed by atoms with Crippen LogP contribution in [0.15, 0.2) is 12.1 Å². The van der Waals surface area contributed by atoms with Crippen molar-refractivity contribution in [2.45, 2.75) is 19.4 Å². The van der Waals surface area contributed by atoms with Crippen molar-refractivity contribution in [2.75, 3.05) is 13.6 Å². The fraction of sp³-hybridized carbons (Fsp3) is 0.455. The maximum absolute atomic E-state index is 9.40. The van der Waals surface area contributed by atoms with Gasteiger partial charge in [-0.15, -0.1) is 17.0 Å². The van der Waals surface area contributed by atoms with Gasteiger partial charge in [-0.05, 0) is 36.2 Å². The smallest absolute Gasteiger partial charge is 0.157 e. The number of hydrogen-bond donors (Lipinski definition) is 2. The summed E-state index contributed by atoms with van der Waals surface area (Å²) in [5.74, 6) is 0.377. The average Bonchev–Trinajstić information content (AvgIpc) is 2.08. The molecule has 1 heterocycles. The van der Waals surface area contributed by atoms with Gasteiger partial charge in [-0.1, -0.05) is 6.92 Å². The van der Waals surface area contributed by atoms with Crippen LogP contribution in [-0.2, 0) is 6.54 Å². The van der Waals surface area contributed by atoms with E-state index in [0.717, 1.165) is 24.2 Å². The Balaban J connectivity index is 0.00000112. The van der Waals surface area contributed by atoms with Gasteiger partial charge in [0.25, 0.3) is 0 Å². The molecule has 0 spiro atoms. The van der Waals surface area contributed by atoms with E-state index in [2.05, 4.69) is 18.9 Å². The second-order valence-corrected chi connectivity index (χ2v) is 4.14. The molecule has 1 aromatic rings. The van der Waals surface area contributed by atoms with Gasteiger partial charge in [0.1, 0.15) is 0 Å². The van der Waals surface area contributed by atoms with Crippen LogP contribution in [0.4, 0.5) is 0 Å². The number of benzene rings is 1. The summed E-state index contributed by atoms with van der Waals surface area (Å²) in [4.78, 5) is 2.21. The van der Waals surface area contributed by atoms with Gasteiger partial charge in [0.15, 0.2) is 11.5 Å². The van der Waals surface area contributed by atoms with Crippen molar-refractivity contribution in [1.29, 1.82) is 0 Å². The number of fused-ring (bicyclic) bond motifs is 1. The Kier molecular flexibility index (Phi) is 3.62. The second-order valence-electron chi connectivity index (χ2n) is 4.14. The molecule has 3 nitrogen and oxygen atoms in total. The van der Waals surface area contributed by atoms with Gasteiger partial charge in [-0.3, -0.25) is 0 Å². The van der Waals surface area contributed by atoms with Crippen LogP contribution >= 0.6 is 17.0 Å². The number of phenols is 2. The molecular formula is C11H16BrNO2. The van der Waals surface area contributed by atoms with Crippen molar-refractivity contribution in [3.05, 3.63) is 23.3 Å². The standard InChI is InChI=1S/C11H15NO2.BrH/c1-7-5-12(2)6-8-3-10(13)11(14)4-9(7)8;/h3-4,7,13-14H,5-6H2,1-2H3;1H. The Hall–Kier alpha value is -0.740. The lowest BCUT2D eigenvalue weighted by Gasteiger charge is -2.30. The molecule has 1 aromatic carbocycles. The van der Waals surface area contributed by atoms with Crippen molar-refractivity contribution >= 4 is 17.0 Å². The van der Waals surface area contributed by atoms with Crippen molar-refractivity contribution in [1.82, 2.24) is 4.90 Å². The van der Waals surface area contributed by atoms with Crippen molar-refractivity contribution in [2.24, 2.45) is 0 Å². The van der Waals surface area contributed by atoms with Crippen LogP contribution in [0.3, 0.4) is 0 Å². The van der Waals surface area contributed by atoms with Crippen molar-refractivity contribution in [3.63, 3.8) is 0 Å². The minimum atomic E-state index is -0.0220. The van der Waals surface area contributed by atoms with Gasteiger partial charge in [-0.2, -0.15) is 0 Å². The molecule has 2 N–H and O–H groups in total. The van der Waals surface area contributed by atoms with E-state index in [0.29, 0.717) is 5.92 Å². The highest BCUT2D eigenvalue weighted by molar-refractivity contribution is 8.93. The fourth-order valence-corrected chi connectivity index (χ4v) is 2.15. The van der Waals surface area contributed by atoms with Gasteiger partial charge in [0, 0.05) is 13.1 Å². The van der Waals surface area contributed by atoms with E-state index in [9.17, 15) is 10.2 Å². The topological polar surface area (TPSA) is 43.7 Å². The second kappa shape index (κ2) is 4.41. The van der Waals surface area contributed by atoms with Gasteiger partial charge < -0.3 is 15.1 Å². The monoisotopic (exact) mass is 273 g/mol. The molecule has 0 amide bonds. The Morgan fingerprint density at radius 1 is 1.27 bits per heavy atom. The number of rotatable bonds is 0. The van der Waals surface area contributed by atoms with E-state index < -0.39 is 0 Å². The third kappa shape index (κ3) is 2.26. The first-order valence-electron chi connectivity index (χ1n) is 4.81. The largest absolute Gasteiger partial charge is 0.504 e. The minimum absolute atomic E-state index is 0. The Labute approximate surface area is 100 Å². The first-order chi connectivity index (χ1) is 6.58. The summed E-state index contributed by atoms with van der Waals surface area (Å²) < 4.78 is 0. The third-order valence-corrected chi connectivity index (χ3v) is 2.79. The van der Waals surface area contributed by atoms with Gasteiger partial charge >= 0.3 is 0 Å². The van der Waals surface area contributed by atoms with Crippen LogP contribution < -0.4 is 0 Å². The molecule has 0 aliphatic carbocycles. The van der Waals surface area contributed by atoms with E-state index in [1.54, 1.807) is 12.1 Å². The molecule has 0 fully saturated rings. The summed E-state index contributed by atoms with van der Waals surface area (Å²) in [6.07, 6.45) is 0. The van der Waals surface area contributed by atoms with E-state index in [-0.39, 0.29) is 28.5 Å². The zero-order chi connectivity index (χ0) is 10.3. The van der Waals surface area contributed by atoms with Gasteiger partial charge in [-0.25, -0.2) is 0 Å². The average molecular weight is 274 g/mol. The lowest BCUT2D eigenvalue weighted by molar-refractivity contribution is 0.286. The number of phenolic OH excluding ortho intramolecular Hbond substituents is 2. The third-order valence-electron chi connectivity index (χ3n) is 2.79.